The molecule has 0 aromatic carbocycles. The van der Waals surface area contributed by atoms with Crippen molar-refractivity contribution in [2.24, 2.45) is 5.41 Å². The topological polar surface area (TPSA) is 49.3 Å². The number of aliphatic hydroxyl groups excluding tert-OH is 1. The van der Waals surface area contributed by atoms with Crippen LogP contribution in [0.1, 0.15) is 19.8 Å². The molecule has 1 atom stereocenters. The Bertz CT molecular complexity index is 178. The second-order valence-electron chi connectivity index (χ2n) is 3.49. The number of aliphatic hydroxyl groups is 1. The van der Waals surface area contributed by atoms with Gasteiger partial charge < -0.3 is 10.4 Å². The first-order valence-corrected chi connectivity index (χ1v) is 5.04. The Balaban J connectivity index is 2.21. The molecule has 0 spiro atoms. The third-order valence-corrected chi connectivity index (χ3v) is 2.71. The number of amides is 1. The van der Waals surface area contributed by atoms with Gasteiger partial charge in [0.1, 0.15) is 0 Å². The van der Waals surface area contributed by atoms with Crippen LogP contribution in [-0.4, -0.2) is 29.0 Å². The van der Waals surface area contributed by atoms with Crippen molar-refractivity contribution in [1.29, 1.82) is 0 Å². The van der Waals surface area contributed by atoms with Gasteiger partial charge in [-0.3, -0.25) is 4.79 Å². The smallest absolute Gasteiger partial charge is 0.233 e. The number of nitrogens with one attached hydrogen (secondary N) is 1. The number of carbonyl (C=O) groups excluding carboxylic acids is 1. The van der Waals surface area contributed by atoms with Gasteiger partial charge in [-0.2, -0.15) is 0 Å². The van der Waals surface area contributed by atoms with Crippen molar-refractivity contribution in [3.05, 3.63) is 0 Å². The summed E-state index contributed by atoms with van der Waals surface area (Å²) in [6.45, 7) is 2.58. The molecular formula is C8H14BrNO2. The van der Waals surface area contributed by atoms with Gasteiger partial charge in [0.05, 0.1) is 11.4 Å². The molecule has 0 aliphatic heterocycles. The van der Waals surface area contributed by atoms with Gasteiger partial charge in [0.2, 0.25) is 5.91 Å². The Morgan fingerprint density at radius 3 is 2.67 bits per heavy atom. The van der Waals surface area contributed by atoms with E-state index in [4.69, 9.17) is 5.11 Å². The first-order chi connectivity index (χ1) is 5.59. The molecule has 1 unspecified atom stereocenters. The van der Waals surface area contributed by atoms with Crippen LogP contribution in [0, 0.1) is 5.41 Å². The normalized spacial score (nSPS) is 21.6. The fourth-order valence-electron chi connectivity index (χ4n) is 0.983. The minimum Gasteiger partial charge on any atom is -0.396 e. The van der Waals surface area contributed by atoms with Gasteiger partial charge in [-0.1, -0.05) is 15.9 Å². The van der Waals surface area contributed by atoms with Gasteiger partial charge in [0.25, 0.3) is 0 Å². The Hall–Kier alpha value is -0.0900. The van der Waals surface area contributed by atoms with Crippen LogP contribution in [0.2, 0.25) is 0 Å². The van der Waals surface area contributed by atoms with E-state index >= 15 is 0 Å². The molecule has 0 heterocycles. The van der Waals surface area contributed by atoms with E-state index in [-0.39, 0.29) is 22.8 Å². The molecule has 1 aliphatic rings. The molecule has 12 heavy (non-hydrogen) atoms. The largest absolute Gasteiger partial charge is 0.396 e. The zero-order valence-corrected chi connectivity index (χ0v) is 8.73. The standard InChI is InChI=1S/C8H14BrNO2/c1-6(9)7(12)10-4-8(5-11)2-3-8/h6,11H,2-5H2,1H3,(H,10,12). The summed E-state index contributed by atoms with van der Waals surface area (Å²) in [6, 6.07) is 0. The first-order valence-electron chi connectivity index (χ1n) is 4.12. The molecule has 3 nitrogen and oxygen atoms in total. The molecule has 0 radical (unpaired) electrons. The predicted molar refractivity (Wildman–Crippen MR) is 50.2 cm³/mol. The molecule has 1 rings (SSSR count). The number of alkyl halides is 1. The fourth-order valence-corrected chi connectivity index (χ4v) is 1.14. The summed E-state index contributed by atoms with van der Waals surface area (Å²) in [4.78, 5) is 10.9. The van der Waals surface area contributed by atoms with E-state index in [1.54, 1.807) is 6.92 Å². The molecule has 0 aromatic rings. The average Bonchev–Trinajstić information content (AvgIpc) is 2.81. The van der Waals surface area contributed by atoms with Gasteiger partial charge in [0, 0.05) is 12.0 Å². The Labute approximate surface area is 80.7 Å². The monoisotopic (exact) mass is 235 g/mol. The highest BCUT2D eigenvalue weighted by molar-refractivity contribution is 9.10. The molecule has 0 bridgehead atoms. The summed E-state index contributed by atoms with van der Waals surface area (Å²) < 4.78 is 0. The second kappa shape index (κ2) is 3.75. The quantitative estimate of drug-likeness (QED) is 0.704. The van der Waals surface area contributed by atoms with E-state index in [2.05, 4.69) is 21.2 Å². The summed E-state index contributed by atoms with van der Waals surface area (Å²) in [6.07, 6.45) is 2.06. The third-order valence-electron chi connectivity index (χ3n) is 2.29. The van der Waals surface area contributed by atoms with Crippen LogP contribution < -0.4 is 5.32 Å². The number of hydrogen-bond acceptors (Lipinski definition) is 2. The van der Waals surface area contributed by atoms with Crippen molar-refractivity contribution < 1.29 is 9.90 Å². The molecule has 1 amide bonds. The van der Waals surface area contributed by atoms with Gasteiger partial charge in [-0.25, -0.2) is 0 Å². The molecule has 4 heteroatoms. The lowest BCUT2D eigenvalue weighted by Gasteiger charge is -2.13. The molecule has 70 valence electrons. The van der Waals surface area contributed by atoms with Crippen molar-refractivity contribution >= 4 is 21.8 Å². The highest BCUT2D eigenvalue weighted by atomic mass is 79.9. The van der Waals surface area contributed by atoms with E-state index in [0.717, 1.165) is 12.8 Å². The molecule has 1 aliphatic carbocycles. The van der Waals surface area contributed by atoms with Gasteiger partial charge >= 0.3 is 0 Å². The van der Waals surface area contributed by atoms with E-state index in [1.165, 1.54) is 0 Å². The van der Waals surface area contributed by atoms with Crippen molar-refractivity contribution in [2.45, 2.75) is 24.6 Å². The van der Waals surface area contributed by atoms with Gasteiger partial charge in [0.15, 0.2) is 0 Å². The van der Waals surface area contributed by atoms with Crippen LogP contribution in [0.3, 0.4) is 0 Å². The second-order valence-corrected chi connectivity index (χ2v) is 4.87. The zero-order chi connectivity index (χ0) is 9.19. The SMILES string of the molecule is CC(Br)C(=O)NCC1(CO)CC1. The van der Waals surface area contributed by atoms with Crippen LogP contribution in [-0.2, 0) is 4.79 Å². The van der Waals surface area contributed by atoms with E-state index in [0.29, 0.717) is 6.54 Å². The summed E-state index contributed by atoms with van der Waals surface area (Å²) in [7, 11) is 0. The maximum Gasteiger partial charge on any atom is 0.233 e. The molecule has 0 saturated heterocycles. The number of hydrogen-bond donors (Lipinski definition) is 2. The van der Waals surface area contributed by atoms with Crippen LogP contribution >= 0.6 is 15.9 Å². The molecule has 1 saturated carbocycles. The van der Waals surface area contributed by atoms with Gasteiger partial charge in [-0.05, 0) is 19.8 Å². The lowest BCUT2D eigenvalue weighted by molar-refractivity contribution is -0.120. The molecular weight excluding hydrogens is 222 g/mol. The highest BCUT2D eigenvalue weighted by Gasteiger charge is 2.42. The molecule has 1 fully saturated rings. The Morgan fingerprint density at radius 1 is 1.75 bits per heavy atom. The maximum atomic E-state index is 11.1. The Kier molecular flexibility index (Phi) is 3.12. The highest BCUT2D eigenvalue weighted by Crippen LogP contribution is 2.44. The zero-order valence-electron chi connectivity index (χ0n) is 7.14. The van der Waals surface area contributed by atoms with E-state index in [1.807, 2.05) is 0 Å². The van der Waals surface area contributed by atoms with Crippen molar-refractivity contribution in [1.82, 2.24) is 5.32 Å². The number of carbonyl (C=O) groups is 1. The van der Waals surface area contributed by atoms with Crippen molar-refractivity contribution in [3.63, 3.8) is 0 Å². The van der Waals surface area contributed by atoms with Gasteiger partial charge in [-0.15, -0.1) is 0 Å². The molecule has 2 N–H and O–H groups in total. The third kappa shape index (κ3) is 2.45. The minimum atomic E-state index is -0.146. The summed E-state index contributed by atoms with van der Waals surface area (Å²) >= 11 is 3.18. The van der Waals surface area contributed by atoms with Crippen LogP contribution in [0.5, 0.6) is 0 Å². The maximum absolute atomic E-state index is 11.1. The number of halogens is 1. The van der Waals surface area contributed by atoms with Crippen molar-refractivity contribution in [3.8, 4) is 0 Å². The number of rotatable bonds is 4. The summed E-state index contributed by atoms with van der Waals surface area (Å²) in [5.41, 5.74) is 0.0115. The fraction of sp³-hybridized carbons (Fsp3) is 0.875. The van der Waals surface area contributed by atoms with Crippen LogP contribution in [0.4, 0.5) is 0 Å². The van der Waals surface area contributed by atoms with Crippen molar-refractivity contribution in [2.75, 3.05) is 13.2 Å². The van der Waals surface area contributed by atoms with Crippen LogP contribution in [0.15, 0.2) is 0 Å². The molecule has 0 aromatic heterocycles. The van der Waals surface area contributed by atoms with Crippen LogP contribution in [0.25, 0.3) is 0 Å². The lowest BCUT2D eigenvalue weighted by atomic mass is 10.1. The summed E-state index contributed by atoms with van der Waals surface area (Å²) in [5.74, 6) is -0.00488. The first kappa shape index (κ1) is 9.99. The van der Waals surface area contributed by atoms with E-state index < -0.39 is 0 Å². The van der Waals surface area contributed by atoms with E-state index in [9.17, 15) is 4.79 Å². The summed E-state index contributed by atoms with van der Waals surface area (Å²) in [5, 5.41) is 11.7. The Morgan fingerprint density at radius 2 is 2.33 bits per heavy atom. The lowest BCUT2D eigenvalue weighted by Crippen LogP contribution is -2.35. The predicted octanol–water partition coefficient (Wildman–Crippen LogP) is 0.658. The average molecular weight is 236 g/mol. The minimum absolute atomic E-state index is 0.00488.